The van der Waals surface area contributed by atoms with Crippen LogP contribution in [0.4, 0.5) is 4.79 Å². The number of rotatable bonds is 20. The number of hydrogen-bond acceptors (Lipinski definition) is 10. The summed E-state index contributed by atoms with van der Waals surface area (Å²) in [5.74, 6) is -2.81. The Morgan fingerprint density at radius 2 is 1.44 bits per heavy atom. The lowest BCUT2D eigenvalue weighted by Gasteiger charge is -2.33. The zero-order valence-corrected chi connectivity index (χ0v) is 32.8. The maximum absolute atomic E-state index is 13.5. The van der Waals surface area contributed by atoms with Gasteiger partial charge in [0.2, 0.25) is 23.6 Å². The predicted octanol–water partition coefficient (Wildman–Crippen LogP) is 2.21. The van der Waals surface area contributed by atoms with Gasteiger partial charge in [-0.2, -0.15) is 12.6 Å². The number of carboxylic acid groups (broad SMARTS) is 1. The van der Waals surface area contributed by atoms with Crippen LogP contribution in [0.5, 0.6) is 5.75 Å². The average Bonchev–Trinajstić information content (AvgIpc) is 3.15. The summed E-state index contributed by atoms with van der Waals surface area (Å²) in [7, 11) is 0. The van der Waals surface area contributed by atoms with Gasteiger partial charge in [-0.3, -0.25) is 19.2 Å². The second kappa shape index (κ2) is 22.5. The van der Waals surface area contributed by atoms with Gasteiger partial charge in [0.25, 0.3) is 0 Å². The fourth-order valence-corrected chi connectivity index (χ4v) is 6.16. The van der Waals surface area contributed by atoms with Gasteiger partial charge < -0.3 is 46.5 Å². The fraction of sp³-hybridized carbons (Fsp3) is 0.538. The van der Waals surface area contributed by atoms with Crippen molar-refractivity contribution in [3.63, 3.8) is 0 Å². The number of benzene rings is 2. The molecule has 0 aromatic heterocycles. The maximum atomic E-state index is 13.5. The second-order valence-electron chi connectivity index (χ2n) is 14.5. The molecule has 1 aliphatic rings. The van der Waals surface area contributed by atoms with Crippen molar-refractivity contribution < 1.29 is 43.3 Å². The summed E-state index contributed by atoms with van der Waals surface area (Å²) < 4.78 is 11.4. The molecule has 1 aliphatic heterocycles. The fourth-order valence-electron chi connectivity index (χ4n) is 5.91. The maximum Gasteiger partial charge on any atom is 0.410 e. The van der Waals surface area contributed by atoms with Gasteiger partial charge in [0.1, 0.15) is 29.5 Å². The van der Waals surface area contributed by atoms with Crippen molar-refractivity contribution in [2.45, 2.75) is 89.4 Å². The van der Waals surface area contributed by atoms with Crippen molar-refractivity contribution in [3.05, 3.63) is 65.7 Å². The van der Waals surface area contributed by atoms with Crippen molar-refractivity contribution >= 4 is 48.3 Å². The first-order valence-corrected chi connectivity index (χ1v) is 19.2. The molecule has 0 spiro atoms. The van der Waals surface area contributed by atoms with Crippen LogP contribution in [0.15, 0.2) is 54.6 Å². The lowest BCUT2D eigenvalue weighted by atomic mass is 9.92. The number of likely N-dealkylation sites (tertiary alicyclic amines) is 1. The zero-order valence-electron chi connectivity index (χ0n) is 31.9. The van der Waals surface area contributed by atoms with Gasteiger partial charge in [-0.15, -0.1) is 0 Å². The van der Waals surface area contributed by atoms with Gasteiger partial charge in [-0.1, -0.05) is 48.9 Å². The molecule has 3 rings (SSSR count). The van der Waals surface area contributed by atoms with Crippen LogP contribution in [0.25, 0.3) is 0 Å². The molecule has 2 aromatic carbocycles. The first-order valence-electron chi connectivity index (χ1n) is 18.6. The molecule has 15 nitrogen and oxygen atoms in total. The van der Waals surface area contributed by atoms with E-state index < -0.39 is 59.9 Å². The SMILES string of the molecule is CC(C)(C)OC(=O)N1CCC(CCCCOc2ccc(C[C@H](NC(=O)[C@H](Cc3ccccc3)NC(=O)[C@H](CS)NC(=O)CNC(=O)CN)C(=O)O)cc2)CC1. The number of nitrogens with one attached hydrogen (secondary N) is 4. The molecule has 302 valence electrons. The molecule has 16 heteroatoms. The Labute approximate surface area is 328 Å². The van der Waals surface area contributed by atoms with E-state index in [4.69, 9.17) is 15.2 Å². The van der Waals surface area contributed by atoms with Crippen molar-refractivity contribution in [1.82, 2.24) is 26.2 Å². The lowest BCUT2D eigenvalue weighted by Crippen LogP contribution is -2.57. The predicted molar refractivity (Wildman–Crippen MR) is 210 cm³/mol. The van der Waals surface area contributed by atoms with Gasteiger partial charge in [0.15, 0.2) is 0 Å². The van der Waals surface area contributed by atoms with Crippen LogP contribution in [-0.2, 0) is 41.6 Å². The molecule has 7 N–H and O–H groups in total. The molecule has 0 bridgehead atoms. The number of hydrogen-bond donors (Lipinski definition) is 7. The minimum atomic E-state index is -1.31. The first kappa shape index (κ1) is 44.6. The van der Waals surface area contributed by atoms with Crippen LogP contribution in [-0.4, -0.2) is 108 Å². The van der Waals surface area contributed by atoms with Crippen molar-refractivity contribution in [1.29, 1.82) is 0 Å². The first-order chi connectivity index (χ1) is 26.2. The number of aliphatic carboxylic acids is 1. The molecule has 0 unspecified atom stereocenters. The molecule has 1 heterocycles. The highest BCUT2D eigenvalue weighted by Gasteiger charge is 2.30. The molecular weight excluding hydrogens is 729 g/mol. The summed E-state index contributed by atoms with van der Waals surface area (Å²) in [5.41, 5.74) is 6.10. The van der Waals surface area contributed by atoms with E-state index in [-0.39, 0.29) is 31.2 Å². The average molecular weight is 785 g/mol. The Morgan fingerprint density at radius 3 is 2.04 bits per heavy atom. The van der Waals surface area contributed by atoms with Gasteiger partial charge in [0.05, 0.1) is 19.7 Å². The summed E-state index contributed by atoms with van der Waals surface area (Å²) in [6.07, 6.45) is 4.61. The number of thiol groups is 1. The Morgan fingerprint density at radius 1 is 0.836 bits per heavy atom. The third-order valence-electron chi connectivity index (χ3n) is 8.90. The van der Waals surface area contributed by atoms with Crippen LogP contribution >= 0.6 is 12.6 Å². The number of ether oxygens (including phenoxy) is 2. The van der Waals surface area contributed by atoms with Gasteiger partial charge >= 0.3 is 12.1 Å². The van der Waals surface area contributed by atoms with Crippen LogP contribution in [0.1, 0.15) is 64.0 Å². The Kier molecular flexibility index (Phi) is 18.3. The Hall–Kier alpha value is -4.83. The third-order valence-corrected chi connectivity index (χ3v) is 9.27. The summed E-state index contributed by atoms with van der Waals surface area (Å²) in [5, 5.41) is 20.0. The highest BCUT2D eigenvalue weighted by Crippen LogP contribution is 2.24. The minimum Gasteiger partial charge on any atom is -0.494 e. The van der Waals surface area contributed by atoms with E-state index in [1.165, 1.54) is 0 Å². The quantitative estimate of drug-likeness (QED) is 0.0767. The molecule has 0 aliphatic carbocycles. The summed E-state index contributed by atoms with van der Waals surface area (Å²) >= 11 is 4.16. The molecule has 1 fully saturated rings. The van der Waals surface area contributed by atoms with Crippen LogP contribution < -0.4 is 31.7 Å². The number of carbonyl (C=O) groups excluding carboxylic acids is 5. The van der Waals surface area contributed by atoms with Crippen LogP contribution in [0.3, 0.4) is 0 Å². The van der Waals surface area contributed by atoms with E-state index in [0.717, 1.165) is 32.1 Å². The molecule has 5 amide bonds. The summed E-state index contributed by atoms with van der Waals surface area (Å²) in [6.45, 7) is 6.83. The number of amides is 5. The molecule has 0 saturated carbocycles. The standard InChI is InChI=1S/C39H56N6O9S/c1-39(2,3)54-38(52)45-18-16-26(17-19-45)9-7-8-20-53-29-14-12-28(13-15-29)22-31(37(50)51)44-35(48)30(21-27-10-5-4-6-11-27)43-36(49)32(25-55)42-34(47)24-41-33(46)23-40/h4-6,10-15,26,30-32,55H,7-9,16-25,40H2,1-3H3,(H,41,46)(H,42,47)(H,43,49)(H,44,48)(H,50,51)/t30-,31-,32-/m0/s1. The lowest BCUT2D eigenvalue weighted by molar-refractivity contribution is -0.142. The minimum absolute atomic E-state index is 0.0239. The highest BCUT2D eigenvalue weighted by molar-refractivity contribution is 7.80. The van der Waals surface area contributed by atoms with Crippen molar-refractivity contribution in [2.24, 2.45) is 11.7 Å². The number of nitrogens with zero attached hydrogens (tertiary/aromatic N) is 1. The molecule has 55 heavy (non-hydrogen) atoms. The van der Waals surface area contributed by atoms with E-state index in [1.54, 1.807) is 59.5 Å². The van der Waals surface area contributed by atoms with Crippen LogP contribution in [0, 0.1) is 5.92 Å². The topological polar surface area (TPSA) is 218 Å². The third kappa shape index (κ3) is 16.6. The van der Waals surface area contributed by atoms with Crippen molar-refractivity contribution in [2.75, 3.05) is 38.5 Å². The van der Waals surface area contributed by atoms with Gasteiger partial charge in [-0.25, -0.2) is 9.59 Å². The normalized spacial score (nSPS) is 14.8. The van der Waals surface area contributed by atoms with E-state index in [0.29, 0.717) is 42.5 Å². The monoisotopic (exact) mass is 784 g/mol. The molecular formula is C39H56N6O9S. The van der Waals surface area contributed by atoms with Crippen molar-refractivity contribution in [3.8, 4) is 5.75 Å². The van der Waals surface area contributed by atoms with E-state index >= 15 is 0 Å². The zero-order chi connectivity index (χ0) is 40.4. The molecule has 1 saturated heterocycles. The second-order valence-corrected chi connectivity index (χ2v) is 14.9. The molecule has 0 radical (unpaired) electrons. The Bertz CT molecular complexity index is 1560. The van der Waals surface area contributed by atoms with Crippen LogP contribution in [0.2, 0.25) is 0 Å². The highest BCUT2D eigenvalue weighted by atomic mass is 32.1. The van der Waals surface area contributed by atoms with E-state index in [9.17, 15) is 33.9 Å². The Balaban J connectivity index is 1.50. The molecule has 3 atom stereocenters. The van der Waals surface area contributed by atoms with Gasteiger partial charge in [0, 0.05) is 31.7 Å². The summed E-state index contributed by atoms with van der Waals surface area (Å²) in [4.78, 5) is 76.8. The summed E-state index contributed by atoms with van der Waals surface area (Å²) in [6, 6.07) is 12.2. The molecule has 2 aromatic rings. The number of unbranched alkanes of at least 4 members (excludes halogenated alkanes) is 1. The van der Waals surface area contributed by atoms with E-state index in [1.807, 2.05) is 20.8 Å². The number of piperidine rings is 1. The largest absolute Gasteiger partial charge is 0.494 e. The smallest absolute Gasteiger partial charge is 0.410 e. The number of nitrogens with two attached hydrogens (primary N) is 1. The van der Waals surface area contributed by atoms with E-state index in [2.05, 4.69) is 33.9 Å². The van der Waals surface area contributed by atoms with Gasteiger partial charge in [-0.05, 0) is 75.6 Å². The number of carbonyl (C=O) groups is 6. The number of carboxylic acids is 1.